The van der Waals surface area contributed by atoms with Crippen molar-refractivity contribution in [3.05, 3.63) is 69.6 Å². The van der Waals surface area contributed by atoms with Gasteiger partial charge in [-0.25, -0.2) is 4.79 Å². The molecule has 1 aromatic heterocycles. The van der Waals surface area contributed by atoms with Crippen LogP contribution in [0.3, 0.4) is 0 Å². The summed E-state index contributed by atoms with van der Waals surface area (Å²) in [4.78, 5) is 12.6. The van der Waals surface area contributed by atoms with Gasteiger partial charge in [-0.15, -0.1) is 0 Å². The highest BCUT2D eigenvalue weighted by Gasteiger charge is 2.30. The summed E-state index contributed by atoms with van der Waals surface area (Å²) in [6.45, 7) is 2.21. The summed E-state index contributed by atoms with van der Waals surface area (Å²) < 4.78 is 5.50. The Morgan fingerprint density at radius 2 is 2.08 bits per heavy atom. The molecule has 0 amide bonds. The Bertz CT molecular complexity index is 755. The summed E-state index contributed by atoms with van der Waals surface area (Å²) >= 11 is 6.87. The van der Waals surface area contributed by atoms with Crippen LogP contribution in [0.15, 0.2) is 58.4 Å². The van der Waals surface area contributed by atoms with Crippen LogP contribution in [0, 0.1) is 0 Å². The third kappa shape index (κ3) is 3.83. The molecule has 0 saturated heterocycles. The van der Waals surface area contributed by atoms with Crippen molar-refractivity contribution in [1.29, 1.82) is 0 Å². The summed E-state index contributed by atoms with van der Waals surface area (Å²) in [5.74, 6) is -0.320. The lowest BCUT2D eigenvalue weighted by atomic mass is 9.96. The number of nitrogens with one attached hydrogen (secondary N) is 2. The first-order chi connectivity index (χ1) is 11.6. The van der Waals surface area contributed by atoms with Crippen LogP contribution in [-0.4, -0.2) is 17.7 Å². The minimum atomic E-state index is -0.320. The van der Waals surface area contributed by atoms with Gasteiger partial charge >= 0.3 is 5.97 Å². The number of allylic oxidation sites excluding steroid dienone is 1. The molecule has 1 unspecified atom stereocenters. The van der Waals surface area contributed by atoms with E-state index in [4.69, 9.17) is 17.0 Å². The Labute approximate surface area is 150 Å². The Morgan fingerprint density at radius 1 is 1.29 bits per heavy atom. The first-order valence-corrected chi connectivity index (χ1v) is 9.01. The van der Waals surface area contributed by atoms with Gasteiger partial charge in [-0.3, -0.25) is 0 Å². The van der Waals surface area contributed by atoms with E-state index in [9.17, 15) is 4.79 Å². The van der Waals surface area contributed by atoms with E-state index in [1.807, 2.05) is 48.7 Å². The lowest BCUT2D eigenvalue weighted by Gasteiger charge is -2.29. The van der Waals surface area contributed by atoms with Gasteiger partial charge in [0, 0.05) is 12.1 Å². The normalized spacial score (nSPS) is 17.2. The molecule has 24 heavy (non-hydrogen) atoms. The number of hydrogen-bond acceptors (Lipinski definition) is 4. The number of hydrogen-bond donors (Lipinski definition) is 2. The molecule has 4 nitrogen and oxygen atoms in total. The van der Waals surface area contributed by atoms with Crippen molar-refractivity contribution in [2.24, 2.45) is 0 Å². The molecular formula is C18H18N2O2S2. The molecule has 2 N–H and O–H groups in total. The van der Waals surface area contributed by atoms with Gasteiger partial charge in [-0.05, 0) is 47.1 Å². The average molecular weight is 358 g/mol. The summed E-state index contributed by atoms with van der Waals surface area (Å²) in [7, 11) is 0. The zero-order valence-electron chi connectivity index (χ0n) is 13.2. The monoisotopic (exact) mass is 358 g/mol. The van der Waals surface area contributed by atoms with Gasteiger partial charge < -0.3 is 15.4 Å². The molecule has 0 spiro atoms. The summed E-state index contributed by atoms with van der Waals surface area (Å²) in [5.41, 5.74) is 3.46. The smallest absolute Gasteiger partial charge is 0.338 e. The van der Waals surface area contributed by atoms with E-state index in [2.05, 4.69) is 16.0 Å². The Morgan fingerprint density at radius 3 is 2.79 bits per heavy atom. The highest BCUT2D eigenvalue weighted by molar-refractivity contribution is 7.80. The fraction of sp³-hybridized carbons (Fsp3) is 0.222. The van der Waals surface area contributed by atoms with Crippen molar-refractivity contribution in [3.63, 3.8) is 0 Å². The summed E-state index contributed by atoms with van der Waals surface area (Å²) in [6, 6.07) is 11.5. The quantitative estimate of drug-likeness (QED) is 0.634. The fourth-order valence-corrected chi connectivity index (χ4v) is 3.61. The molecule has 1 aliphatic rings. The van der Waals surface area contributed by atoms with Crippen LogP contribution in [0.2, 0.25) is 0 Å². The number of rotatable bonds is 5. The minimum absolute atomic E-state index is 0.298. The maximum Gasteiger partial charge on any atom is 0.338 e. The van der Waals surface area contributed by atoms with Gasteiger partial charge in [-0.1, -0.05) is 30.3 Å². The van der Waals surface area contributed by atoms with Crippen molar-refractivity contribution in [2.45, 2.75) is 19.4 Å². The largest absolute Gasteiger partial charge is 0.462 e. The highest BCUT2D eigenvalue weighted by atomic mass is 32.1. The molecule has 2 aromatic rings. The van der Waals surface area contributed by atoms with Crippen LogP contribution in [0.25, 0.3) is 0 Å². The molecule has 0 saturated carbocycles. The lowest BCUT2D eigenvalue weighted by molar-refractivity contribution is -0.139. The van der Waals surface area contributed by atoms with Crippen molar-refractivity contribution < 1.29 is 9.53 Å². The number of ether oxygens (including phenoxy) is 1. The van der Waals surface area contributed by atoms with Gasteiger partial charge in [0.2, 0.25) is 0 Å². The van der Waals surface area contributed by atoms with Crippen LogP contribution in [-0.2, 0) is 16.0 Å². The van der Waals surface area contributed by atoms with Crippen LogP contribution in [0.1, 0.15) is 24.1 Å². The predicted molar refractivity (Wildman–Crippen MR) is 99.7 cm³/mol. The molecule has 1 aromatic carbocycles. The van der Waals surface area contributed by atoms with Crippen LogP contribution in [0.5, 0.6) is 0 Å². The molecule has 0 aliphatic carbocycles. The van der Waals surface area contributed by atoms with E-state index in [1.165, 1.54) is 5.56 Å². The Hall–Kier alpha value is -2.18. The second kappa shape index (κ2) is 7.59. The zero-order chi connectivity index (χ0) is 16.9. The van der Waals surface area contributed by atoms with E-state index >= 15 is 0 Å². The maximum atomic E-state index is 12.6. The van der Waals surface area contributed by atoms with Gasteiger partial charge in [0.25, 0.3) is 0 Å². The second-order valence-electron chi connectivity index (χ2n) is 5.50. The van der Waals surface area contributed by atoms with Gasteiger partial charge in [0.15, 0.2) is 5.11 Å². The van der Waals surface area contributed by atoms with E-state index in [-0.39, 0.29) is 12.0 Å². The van der Waals surface area contributed by atoms with E-state index in [0.29, 0.717) is 17.3 Å². The molecule has 3 rings (SSSR count). The number of thiophene rings is 1. The first-order valence-electron chi connectivity index (χ1n) is 7.66. The number of carbonyl (C=O) groups excluding carboxylic acids is 1. The number of thiocarbonyl (C=S) groups is 1. The molecule has 0 radical (unpaired) electrons. The SMILES string of the molecule is CC1=C(C(=O)OCCc2ccsc2)C(c2ccccc2)NC(=S)N1. The van der Waals surface area contributed by atoms with Gasteiger partial charge in [0.1, 0.15) is 0 Å². The summed E-state index contributed by atoms with van der Waals surface area (Å²) in [6.07, 6.45) is 0.719. The molecule has 2 heterocycles. The number of benzene rings is 1. The Balaban J connectivity index is 1.75. The maximum absolute atomic E-state index is 12.6. The topological polar surface area (TPSA) is 50.4 Å². The molecule has 1 aliphatic heterocycles. The van der Waals surface area contributed by atoms with Crippen molar-refractivity contribution in [3.8, 4) is 0 Å². The van der Waals surface area contributed by atoms with Crippen molar-refractivity contribution in [2.75, 3.05) is 6.61 Å². The predicted octanol–water partition coefficient (Wildman–Crippen LogP) is 3.33. The van der Waals surface area contributed by atoms with Gasteiger partial charge in [0.05, 0.1) is 18.2 Å². The molecule has 1 atom stereocenters. The molecular weight excluding hydrogens is 340 g/mol. The lowest BCUT2D eigenvalue weighted by Crippen LogP contribution is -2.45. The minimum Gasteiger partial charge on any atom is -0.462 e. The standard InChI is InChI=1S/C18H18N2O2S2/c1-12-15(17(21)22-9-7-13-8-10-24-11-13)16(20-18(23)19-12)14-5-3-2-4-6-14/h2-6,8,10-11,16H,7,9H2,1H3,(H2,19,20,23). The van der Waals surface area contributed by atoms with Crippen molar-refractivity contribution >= 4 is 34.6 Å². The van der Waals surface area contributed by atoms with E-state index in [1.54, 1.807) is 11.3 Å². The fourth-order valence-electron chi connectivity index (χ4n) is 2.63. The Kier molecular flexibility index (Phi) is 5.27. The second-order valence-corrected chi connectivity index (χ2v) is 6.69. The third-order valence-corrected chi connectivity index (χ3v) is 4.78. The first kappa shape index (κ1) is 16.7. The van der Waals surface area contributed by atoms with Crippen molar-refractivity contribution in [1.82, 2.24) is 10.6 Å². The molecule has 124 valence electrons. The third-order valence-electron chi connectivity index (χ3n) is 3.83. The summed E-state index contributed by atoms with van der Waals surface area (Å²) in [5, 5.41) is 10.8. The van der Waals surface area contributed by atoms with Crippen LogP contribution < -0.4 is 10.6 Å². The average Bonchev–Trinajstić information content (AvgIpc) is 3.08. The van der Waals surface area contributed by atoms with Crippen LogP contribution >= 0.6 is 23.6 Å². The van der Waals surface area contributed by atoms with E-state index in [0.717, 1.165) is 17.7 Å². The molecule has 0 fully saturated rings. The van der Waals surface area contributed by atoms with Gasteiger partial charge in [-0.2, -0.15) is 11.3 Å². The highest BCUT2D eigenvalue weighted by Crippen LogP contribution is 2.27. The molecule has 0 bridgehead atoms. The van der Waals surface area contributed by atoms with Crippen LogP contribution in [0.4, 0.5) is 0 Å². The number of esters is 1. The zero-order valence-corrected chi connectivity index (χ0v) is 14.9. The number of carbonyl (C=O) groups is 1. The molecule has 6 heteroatoms. The van der Waals surface area contributed by atoms with E-state index < -0.39 is 0 Å².